The van der Waals surface area contributed by atoms with Gasteiger partial charge in [-0.2, -0.15) is 0 Å². The number of hydrogen-bond acceptors (Lipinski definition) is 1. The van der Waals surface area contributed by atoms with Crippen LogP contribution in [0.2, 0.25) is 0 Å². The predicted molar refractivity (Wildman–Crippen MR) is 183 cm³/mol. The van der Waals surface area contributed by atoms with Crippen LogP contribution >= 0.6 is 0 Å². The number of para-hydroxylation sites is 2. The summed E-state index contributed by atoms with van der Waals surface area (Å²) in [5.41, 5.74) is 9.10. The zero-order valence-electron chi connectivity index (χ0n) is 23.4. The molecule has 1 heteroatoms. The van der Waals surface area contributed by atoms with Crippen molar-refractivity contribution in [2.24, 2.45) is 0 Å². The fourth-order valence-corrected chi connectivity index (χ4v) is 6.90. The van der Waals surface area contributed by atoms with Gasteiger partial charge in [0.05, 0.1) is 0 Å². The molecule has 0 amide bonds. The minimum atomic E-state index is 0.917. The van der Waals surface area contributed by atoms with Crippen molar-refractivity contribution < 1.29 is 4.42 Å². The molecule has 9 aromatic rings. The van der Waals surface area contributed by atoms with Crippen LogP contribution in [0.4, 0.5) is 0 Å². The Labute approximate surface area is 249 Å². The SMILES string of the molecule is c1cc(-c2ccc3ccccc3c2)cc(-c2c3ccccc3c(-c3cccc4c3oc3ccccc34)c3ccccc23)c1. The predicted octanol–water partition coefficient (Wildman–Crippen LogP) is 12.0. The second-order valence-corrected chi connectivity index (χ2v) is 11.3. The van der Waals surface area contributed by atoms with E-state index in [1.807, 2.05) is 6.07 Å². The second-order valence-electron chi connectivity index (χ2n) is 11.3. The molecule has 0 atom stereocenters. The number of furan rings is 1. The van der Waals surface area contributed by atoms with Crippen molar-refractivity contribution in [3.8, 4) is 33.4 Å². The molecule has 0 aliphatic heterocycles. The molecule has 1 aromatic heterocycles. The first kappa shape index (κ1) is 24.0. The average molecular weight is 547 g/mol. The zero-order chi connectivity index (χ0) is 28.3. The quantitative estimate of drug-likeness (QED) is 0.201. The summed E-state index contributed by atoms with van der Waals surface area (Å²) < 4.78 is 6.55. The molecule has 0 fully saturated rings. The Balaban J connectivity index is 1.33. The third kappa shape index (κ3) is 3.72. The highest BCUT2D eigenvalue weighted by atomic mass is 16.3. The molecule has 8 aromatic carbocycles. The van der Waals surface area contributed by atoms with E-state index < -0.39 is 0 Å². The molecule has 0 saturated heterocycles. The van der Waals surface area contributed by atoms with E-state index in [1.165, 1.54) is 60.1 Å². The lowest BCUT2D eigenvalue weighted by Gasteiger charge is -2.18. The van der Waals surface area contributed by atoms with Crippen molar-refractivity contribution in [3.05, 3.63) is 158 Å². The van der Waals surface area contributed by atoms with Crippen LogP contribution < -0.4 is 0 Å². The molecule has 0 radical (unpaired) electrons. The molecule has 0 spiro atoms. The van der Waals surface area contributed by atoms with Crippen LogP contribution in [0.25, 0.3) is 87.6 Å². The molecule has 9 rings (SSSR count). The number of benzene rings is 8. The van der Waals surface area contributed by atoms with E-state index in [9.17, 15) is 0 Å². The van der Waals surface area contributed by atoms with Crippen LogP contribution in [-0.4, -0.2) is 0 Å². The van der Waals surface area contributed by atoms with Crippen molar-refractivity contribution in [1.29, 1.82) is 0 Å². The molecule has 0 N–H and O–H groups in total. The van der Waals surface area contributed by atoms with Gasteiger partial charge in [0.1, 0.15) is 11.2 Å². The van der Waals surface area contributed by atoms with Crippen molar-refractivity contribution in [3.63, 3.8) is 0 Å². The van der Waals surface area contributed by atoms with Gasteiger partial charge in [-0.3, -0.25) is 0 Å². The normalized spacial score (nSPS) is 11.7. The van der Waals surface area contributed by atoms with Crippen LogP contribution in [0.15, 0.2) is 162 Å². The maximum Gasteiger partial charge on any atom is 0.143 e. The van der Waals surface area contributed by atoms with Gasteiger partial charge in [-0.1, -0.05) is 140 Å². The highest BCUT2D eigenvalue weighted by molar-refractivity contribution is 6.24. The van der Waals surface area contributed by atoms with E-state index in [4.69, 9.17) is 4.42 Å². The minimum Gasteiger partial charge on any atom is -0.455 e. The van der Waals surface area contributed by atoms with Crippen LogP contribution in [0.3, 0.4) is 0 Å². The summed E-state index contributed by atoms with van der Waals surface area (Å²) in [6, 6.07) is 56.8. The topological polar surface area (TPSA) is 13.1 Å². The largest absolute Gasteiger partial charge is 0.455 e. The molecule has 200 valence electrons. The first-order valence-corrected chi connectivity index (χ1v) is 14.8. The summed E-state index contributed by atoms with van der Waals surface area (Å²) in [6.07, 6.45) is 0. The van der Waals surface area contributed by atoms with E-state index in [-0.39, 0.29) is 0 Å². The maximum absolute atomic E-state index is 6.55. The summed E-state index contributed by atoms with van der Waals surface area (Å²) in [5, 5.41) is 9.73. The minimum absolute atomic E-state index is 0.917. The number of fused-ring (bicyclic) bond motifs is 6. The smallest absolute Gasteiger partial charge is 0.143 e. The number of rotatable bonds is 3. The fraction of sp³-hybridized carbons (Fsp3) is 0. The molecule has 1 nitrogen and oxygen atoms in total. The van der Waals surface area contributed by atoms with Crippen molar-refractivity contribution >= 4 is 54.3 Å². The van der Waals surface area contributed by atoms with E-state index in [0.717, 1.165) is 27.5 Å². The van der Waals surface area contributed by atoms with Gasteiger partial charge in [0, 0.05) is 21.9 Å². The van der Waals surface area contributed by atoms with Gasteiger partial charge in [0.15, 0.2) is 0 Å². The second kappa shape index (κ2) is 9.44. The summed E-state index contributed by atoms with van der Waals surface area (Å²) in [4.78, 5) is 0. The van der Waals surface area contributed by atoms with Gasteiger partial charge in [0.2, 0.25) is 0 Å². The molecule has 0 unspecified atom stereocenters. The van der Waals surface area contributed by atoms with Gasteiger partial charge >= 0.3 is 0 Å². The van der Waals surface area contributed by atoms with Gasteiger partial charge < -0.3 is 4.42 Å². The average Bonchev–Trinajstić information content (AvgIpc) is 3.46. The van der Waals surface area contributed by atoms with Crippen molar-refractivity contribution in [2.45, 2.75) is 0 Å². The van der Waals surface area contributed by atoms with Gasteiger partial charge in [0.25, 0.3) is 0 Å². The van der Waals surface area contributed by atoms with Gasteiger partial charge in [-0.15, -0.1) is 0 Å². The van der Waals surface area contributed by atoms with E-state index in [0.29, 0.717) is 0 Å². The Morgan fingerprint density at radius 1 is 0.326 bits per heavy atom. The Bertz CT molecular complexity index is 2460. The molecular weight excluding hydrogens is 520 g/mol. The summed E-state index contributed by atoms with van der Waals surface area (Å²) in [7, 11) is 0. The lowest BCUT2D eigenvalue weighted by molar-refractivity contribution is 0.670. The summed E-state index contributed by atoms with van der Waals surface area (Å²) in [5.74, 6) is 0. The van der Waals surface area contributed by atoms with Crippen molar-refractivity contribution in [1.82, 2.24) is 0 Å². The first-order valence-electron chi connectivity index (χ1n) is 14.8. The Morgan fingerprint density at radius 3 is 1.65 bits per heavy atom. The first-order chi connectivity index (χ1) is 21.3. The molecule has 43 heavy (non-hydrogen) atoms. The van der Waals surface area contributed by atoms with E-state index in [2.05, 4.69) is 152 Å². The molecule has 0 aliphatic carbocycles. The van der Waals surface area contributed by atoms with E-state index in [1.54, 1.807) is 0 Å². The third-order valence-electron chi connectivity index (χ3n) is 8.84. The van der Waals surface area contributed by atoms with Gasteiger partial charge in [-0.05, 0) is 72.8 Å². The molecule has 0 bridgehead atoms. The lowest BCUT2D eigenvalue weighted by Crippen LogP contribution is -1.91. The van der Waals surface area contributed by atoms with Crippen LogP contribution in [0.5, 0.6) is 0 Å². The summed E-state index contributed by atoms with van der Waals surface area (Å²) >= 11 is 0. The Hall–Kier alpha value is -5.66. The Kier molecular flexibility index (Phi) is 5.27. The summed E-state index contributed by atoms with van der Waals surface area (Å²) in [6.45, 7) is 0. The van der Waals surface area contributed by atoms with Crippen molar-refractivity contribution in [2.75, 3.05) is 0 Å². The van der Waals surface area contributed by atoms with Crippen LogP contribution in [0, 0.1) is 0 Å². The molecular formula is C42H26O. The standard InChI is InChI=1S/C42H26O/c1-2-12-28-25-30(24-23-27(28)11-1)29-13-9-14-31(26-29)40-33-16-3-5-18-35(33)41(36-19-6-4-17-34(36)40)38-21-10-20-37-32-15-7-8-22-39(32)43-42(37)38/h1-26H. The molecule has 1 heterocycles. The maximum atomic E-state index is 6.55. The highest BCUT2D eigenvalue weighted by Crippen LogP contribution is 2.46. The van der Waals surface area contributed by atoms with Crippen LogP contribution in [-0.2, 0) is 0 Å². The zero-order valence-corrected chi connectivity index (χ0v) is 23.4. The molecule has 0 aliphatic rings. The lowest BCUT2D eigenvalue weighted by atomic mass is 9.85. The van der Waals surface area contributed by atoms with Gasteiger partial charge in [-0.25, -0.2) is 0 Å². The fourth-order valence-electron chi connectivity index (χ4n) is 6.90. The highest BCUT2D eigenvalue weighted by Gasteiger charge is 2.20. The third-order valence-corrected chi connectivity index (χ3v) is 8.84. The van der Waals surface area contributed by atoms with E-state index >= 15 is 0 Å². The number of hydrogen-bond donors (Lipinski definition) is 0. The van der Waals surface area contributed by atoms with Crippen LogP contribution in [0.1, 0.15) is 0 Å². The Morgan fingerprint density at radius 2 is 0.884 bits per heavy atom. The molecule has 0 saturated carbocycles. The monoisotopic (exact) mass is 546 g/mol.